The fraction of sp³-hybridized carbons (Fsp3) is 0.261. The van der Waals surface area contributed by atoms with Gasteiger partial charge in [-0.15, -0.1) is 0 Å². The lowest BCUT2D eigenvalue weighted by molar-refractivity contribution is 0.450. The van der Waals surface area contributed by atoms with Crippen molar-refractivity contribution in [3.63, 3.8) is 0 Å². The van der Waals surface area contributed by atoms with Gasteiger partial charge in [0.25, 0.3) is 0 Å². The normalized spacial score (nSPS) is 16.2. The summed E-state index contributed by atoms with van der Waals surface area (Å²) in [5, 5.41) is 6.62. The molecule has 1 aromatic carbocycles. The minimum Gasteiger partial charge on any atom is -0.439 e. The molecule has 2 aromatic heterocycles. The van der Waals surface area contributed by atoms with Gasteiger partial charge in [-0.2, -0.15) is 0 Å². The molecule has 1 unspecified atom stereocenters. The van der Waals surface area contributed by atoms with E-state index in [2.05, 4.69) is 25.6 Å². The van der Waals surface area contributed by atoms with Crippen molar-refractivity contribution in [1.82, 2.24) is 20.6 Å². The van der Waals surface area contributed by atoms with E-state index in [9.17, 15) is 8.78 Å². The van der Waals surface area contributed by atoms with E-state index in [0.717, 1.165) is 12.0 Å². The number of aliphatic imine (C=N–C) groups is 1. The van der Waals surface area contributed by atoms with E-state index in [1.54, 1.807) is 37.6 Å². The highest BCUT2D eigenvalue weighted by atomic mass is 19.1. The number of halogens is 2. The summed E-state index contributed by atoms with van der Waals surface area (Å²) in [5.74, 6) is 1.05. The van der Waals surface area contributed by atoms with Crippen LogP contribution in [0.25, 0.3) is 0 Å². The molecule has 0 radical (unpaired) electrons. The smallest absolute Gasteiger partial charge is 0.224 e. The predicted molar refractivity (Wildman–Crippen MR) is 119 cm³/mol. The van der Waals surface area contributed by atoms with Gasteiger partial charge in [-0.1, -0.05) is 12.1 Å². The number of hydrogen-bond donors (Lipinski definition) is 2. The molecule has 3 heterocycles. The van der Waals surface area contributed by atoms with Crippen LogP contribution in [0.4, 0.5) is 14.6 Å². The van der Waals surface area contributed by atoms with Crippen LogP contribution >= 0.6 is 0 Å². The number of rotatable bonds is 6. The molecule has 1 aliphatic rings. The standard InChI is InChI=1S/C23H24F2N6O/c1-26-23(30-18-9-12-31(15-18)21-20(25)8-4-10-27-21)29-14-16-5-3-11-28-22(16)32-19-7-2-6-17(24)13-19/h2-8,10-11,13,18H,9,12,14-15H2,1H3,(H2,26,29,30). The monoisotopic (exact) mass is 438 g/mol. The molecule has 0 amide bonds. The average molecular weight is 438 g/mol. The summed E-state index contributed by atoms with van der Waals surface area (Å²) in [5.41, 5.74) is 0.795. The Balaban J connectivity index is 1.35. The van der Waals surface area contributed by atoms with Gasteiger partial charge in [-0.25, -0.2) is 18.7 Å². The SMILES string of the molecule is CN=C(NCc1cccnc1Oc1cccc(F)c1)NC1CCN(c2ncccc2F)C1. The number of benzene rings is 1. The van der Waals surface area contributed by atoms with Gasteiger partial charge in [-0.3, -0.25) is 4.99 Å². The fourth-order valence-electron chi connectivity index (χ4n) is 3.54. The highest BCUT2D eigenvalue weighted by molar-refractivity contribution is 5.80. The summed E-state index contributed by atoms with van der Waals surface area (Å²) in [7, 11) is 1.69. The number of hydrogen-bond acceptors (Lipinski definition) is 5. The molecular weight excluding hydrogens is 414 g/mol. The van der Waals surface area contributed by atoms with Crippen LogP contribution in [-0.2, 0) is 6.54 Å². The van der Waals surface area contributed by atoms with E-state index >= 15 is 0 Å². The van der Waals surface area contributed by atoms with Crippen LogP contribution in [0.2, 0.25) is 0 Å². The zero-order valence-corrected chi connectivity index (χ0v) is 17.6. The molecule has 32 heavy (non-hydrogen) atoms. The first kappa shape index (κ1) is 21.5. The van der Waals surface area contributed by atoms with Crippen molar-refractivity contribution in [3.8, 4) is 11.6 Å². The van der Waals surface area contributed by atoms with Crippen LogP contribution in [0.5, 0.6) is 11.6 Å². The zero-order valence-electron chi connectivity index (χ0n) is 17.6. The molecule has 166 valence electrons. The Labute approximate surface area is 185 Å². The lowest BCUT2D eigenvalue weighted by Gasteiger charge is -2.20. The number of pyridine rings is 2. The molecule has 0 bridgehead atoms. The van der Waals surface area contributed by atoms with Crippen molar-refractivity contribution >= 4 is 11.8 Å². The molecule has 1 aliphatic heterocycles. The summed E-state index contributed by atoms with van der Waals surface area (Å²) in [6.07, 6.45) is 4.05. The van der Waals surface area contributed by atoms with Crippen molar-refractivity contribution in [2.24, 2.45) is 4.99 Å². The Bertz CT molecular complexity index is 1090. The van der Waals surface area contributed by atoms with E-state index in [1.807, 2.05) is 17.0 Å². The number of ether oxygens (including phenoxy) is 1. The van der Waals surface area contributed by atoms with Gasteiger partial charge in [0.05, 0.1) is 0 Å². The van der Waals surface area contributed by atoms with E-state index < -0.39 is 0 Å². The Morgan fingerprint density at radius 3 is 2.81 bits per heavy atom. The Morgan fingerprint density at radius 2 is 2.00 bits per heavy atom. The minimum absolute atomic E-state index is 0.0968. The van der Waals surface area contributed by atoms with E-state index in [-0.39, 0.29) is 17.7 Å². The van der Waals surface area contributed by atoms with Crippen molar-refractivity contribution < 1.29 is 13.5 Å². The molecular formula is C23H24F2N6O. The highest BCUT2D eigenvalue weighted by Crippen LogP contribution is 2.24. The third-order valence-electron chi connectivity index (χ3n) is 5.10. The molecule has 4 rings (SSSR count). The largest absolute Gasteiger partial charge is 0.439 e. The van der Waals surface area contributed by atoms with Crippen molar-refractivity contribution in [1.29, 1.82) is 0 Å². The van der Waals surface area contributed by atoms with E-state index in [0.29, 0.717) is 43.0 Å². The molecule has 1 atom stereocenters. The topological polar surface area (TPSA) is 74.7 Å². The van der Waals surface area contributed by atoms with Crippen LogP contribution in [-0.4, -0.2) is 42.1 Å². The third-order valence-corrected chi connectivity index (χ3v) is 5.10. The number of nitrogens with one attached hydrogen (secondary N) is 2. The van der Waals surface area contributed by atoms with Crippen molar-refractivity contribution in [2.75, 3.05) is 25.0 Å². The summed E-state index contributed by atoms with van der Waals surface area (Å²) >= 11 is 0. The Kier molecular flexibility index (Phi) is 6.74. The second kappa shape index (κ2) is 10.0. The van der Waals surface area contributed by atoms with Gasteiger partial charge in [0.15, 0.2) is 17.6 Å². The first-order chi connectivity index (χ1) is 15.6. The molecule has 1 fully saturated rings. The van der Waals surface area contributed by atoms with Crippen molar-refractivity contribution in [3.05, 3.63) is 78.1 Å². The quantitative estimate of drug-likeness (QED) is 0.453. The molecule has 0 saturated carbocycles. The van der Waals surface area contributed by atoms with Gasteiger partial charge in [-0.05, 0) is 36.8 Å². The second-order valence-electron chi connectivity index (χ2n) is 7.34. The van der Waals surface area contributed by atoms with Gasteiger partial charge < -0.3 is 20.3 Å². The zero-order chi connectivity index (χ0) is 22.3. The number of aromatic nitrogens is 2. The molecule has 2 N–H and O–H groups in total. The van der Waals surface area contributed by atoms with Gasteiger partial charge in [0.2, 0.25) is 5.88 Å². The first-order valence-corrected chi connectivity index (χ1v) is 10.3. The summed E-state index contributed by atoms with van der Waals surface area (Å²) in [6, 6.07) is 12.7. The summed E-state index contributed by atoms with van der Waals surface area (Å²) in [4.78, 5) is 14.6. The molecule has 7 nitrogen and oxygen atoms in total. The maximum Gasteiger partial charge on any atom is 0.224 e. The number of guanidine groups is 1. The Morgan fingerprint density at radius 1 is 1.16 bits per heavy atom. The van der Waals surface area contributed by atoms with Gasteiger partial charge in [0, 0.05) is 56.7 Å². The second-order valence-corrected chi connectivity index (χ2v) is 7.34. The van der Waals surface area contributed by atoms with Crippen LogP contribution < -0.4 is 20.3 Å². The molecule has 0 aliphatic carbocycles. The van der Waals surface area contributed by atoms with Crippen LogP contribution in [0.15, 0.2) is 65.9 Å². The Hall–Kier alpha value is -3.75. The summed E-state index contributed by atoms with van der Waals surface area (Å²) < 4.78 is 33.2. The third kappa shape index (κ3) is 5.29. The predicted octanol–water partition coefficient (Wildman–Crippen LogP) is 3.49. The van der Waals surface area contributed by atoms with E-state index in [1.165, 1.54) is 18.2 Å². The number of nitrogens with zero attached hydrogens (tertiary/aromatic N) is 4. The summed E-state index contributed by atoms with van der Waals surface area (Å²) in [6.45, 7) is 1.73. The first-order valence-electron chi connectivity index (χ1n) is 10.3. The van der Waals surface area contributed by atoms with Gasteiger partial charge in [0.1, 0.15) is 11.6 Å². The maximum atomic E-state index is 14.0. The molecule has 1 saturated heterocycles. The molecule has 0 spiro atoms. The van der Waals surface area contributed by atoms with E-state index in [4.69, 9.17) is 4.74 Å². The van der Waals surface area contributed by atoms with Crippen LogP contribution in [0, 0.1) is 11.6 Å². The van der Waals surface area contributed by atoms with Gasteiger partial charge >= 0.3 is 0 Å². The van der Waals surface area contributed by atoms with Crippen molar-refractivity contribution in [2.45, 2.75) is 19.0 Å². The lowest BCUT2D eigenvalue weighted by Crippen LogP contribution is -2.44. The minimum atomic E-state index is -0.376. The van der Waals surface area contributed by atoms with Crippen LogP contribution in [0.3, 0.4) is 0 Å². The molecule has 3 aromatic rings. The maximum absolute atomic E-state index is 14.0. The molecule has 9 heteroatoms. The van der Waals surface area contributed by atoms with Crippen LogP contribution in [0.1, 0.15) is 12.0 Å². The fourth-order valence-corrected chi connectivity index (χ4v) is 3.54. The lowest BCUT2D eigenvalue weighted by atomic mass is 10.2. The average Bonchev–Trinajstić information content (AvgIpc) is 3.26. The highest BCUT2D eigenvalue weighted by Gasteiger charge is 2.26. The number of anilines is 1.